The van der Waals surface area contributed by atoms with E-state index in [2.05, 4.69) is 10.3 Å². The Labute approximate surface area is 156 Å². The lowest BCUT2D eigenvalue weighted by Gasteiger charge is -2.30. The van der Waals surface area contributed by atoms with E-state index in [0.717, 1.165) is 11.0 Å². The molecule has 6 heteroatoms. The number of aromatic nitrogens is 2. The SMILES string of the molecule is CC1=C(C(=O)OC(C)C)C(c2cccc(F)c2)n2c(nc3ccccc32)N1. The van der Waals surface area contributed by atoms with Crippen molar-refractivity contribution in [2.45, 2.75) is 32.9 Å². The Bertz CT molecular complexity index is 1070. The second-order valence-corrected chi connectivity index (χ2v) is 6.87. The fourth-order valence-electron chi connectivity index (χ4n) is 3.50. The topological polar surface area (TPSA) is 56.2 Å². The zero-order chi connectivity index (χ0) is 19.1. The van der Waals surface area contributed by atoms with Gasteiger partial charge in [0.2, 0.25) is 5.95 Å². The van der Waals surface area contributed by atoms with Crippen molar-refractivity contribution < 1.29 is 13.9 Å². The van der Waals surface area contributed by atoms with Gasteiger partial charge in [0.05, 0.1) is 28.8 Å². The van der Waals surface area contributed by atoms with Crippen LogP contribution in [0, 0.1) is 5.82 Å². The lowest BCUT2D eigenvalue weighted by molar-refractivity contribution is -0.143. The molecule has 1 aromatic heterocycles. The van der Waals surface area contributed by atoms with Crippen LogP contribution in [0.2, 0.25) is 0 Å². The molecule has 0 fully saturated rings. The number of para-hydroxylation sites is 2. The van der Waals surface area contributed by atoms with Gasteiger partial charge in [-0.2, -0.15) is 0 Å². The molecule has 1 aliphatic rings. The van der Waals surface area contributed by atoms with Gasteiger partial charge in [-0.25, -0.2) is 14.2 Å². The first-order chi connectivity index (χ1) is 13.0. The van der Waals surface area contributed by atoms with E-state index in [9.17, 15) is 9.18 Å². The van der Waals surface area contributed by atoms with Crippen LogP contribution in [0.5, 0.6) is 0 Å². The van der Waals surface area contributed by atoms with Crippen LogP contribution in [0.1, 0.15) is 32.4 Å². The van der Waals surface area contributed by atoms with Crippen LogP contribution in [-0.2, 0) is 9.53 Å². The number of nitrogens with zero attached hydrogens (tertiary/aromatic N) is 2. The normalized spacial score (nSPS) is 16.4. The third kappa shape index (κ3) is 2.97. The molecule has 1 aliphatic heterocycles. The Kier molecular flexibility index (Phi) is 4.18. The Hall–Kier alpha value is -3.15. The minimum atomic E-state index is -0.532. The number of imidazole rings is 1. The molecule has 1 atom stereocenters. The number of rotatable bonds is 3. The highest BCUT2D eigenvalue weighted by Crippen LogP contribution is 2.39. The second kappa shape index (κ2) is 6.54. The summed E-state index contributed by atoms with van der Waals surface area (Å²) in [4.78, 5) is 17.5. The van der Waals surface area contributed by atoms with Crippen LogP contribution in [0.3, 0.4) is 0 Å². The number of carbonyl (C=O) groups excluding carboxylic acids is 1. The number of allylic oxidation sites excluding steroid dienone is 1. The van der Waals surface area contributed by atoms with E-state index in [1.807, 2.05) is 41.8 Å². The van der Waals surface area contributed by atoms with E-state index in [1.54, 1.807) is 19.9 Å². The van der Waals surface area contributed by atoms with Gasteiger partial charge in [0.1, 0.15) is 5.82 Å². The van der Waals surface area contributed by atoms with Crippen molar-refractivity contribution >= 4 is 23.0 Å². The largest absolute Gasteiger partial charge is 0.459 e. The molecule has 0 spiro atoms. The van der Waals surface area contributed by atoms with Gasteiger partial charge in [0, 0.05) is 5.70 Å². The van der Waals surface area contributed by atoms with E-state index in [4.69, 9.17) is 4.74 Å². The highest BCUT2D eigenvalue weighted by molar-refractivity contribution is 5.94. The van der Waals surface area contributed by atoms with Crippen LogP contribution in [-0.4, -0.2) is 21.6 Å². The van der Waals surface area contributed by atoms with Gasteiger partial charge >= 0.3 is 5.97 Å². The predicted molar refractivity (Wildman–Crippen MR) is 102 cm³/mol. The van der Waals surface area contributed by atoms with Gasteiger partial charge in [0.25, 0.3) is 0 Å². The fraction of sp³-hybridized carbons (Fsp3) is 0.238. The van der Waals surface area contributed by atoms with E-state index in [1.165, 1.54) is 12.1 Å². The van der Waals surface area contributed by atoms with Gasteiger partial charge in [-0.3, -0.25) is 4.57 Å². The minimum Gasteiger partial charge on any atom is -0.459 e. The zero-order valence-corrected chi connectivity index (χ0v) is 15.4. The quantitative estimate of drug-likeness (QED) is 0.698. The summed E-state index contributed by atoms with van der Waals surface area (Å²) < 4.78 is 21.4. The van der Waals surface area contributed by atoms with Crippen molar-refractivity contribution in [2.24, 2.45) is 0 Å². The molecule has 3 aromatic rings. The summed E-state index contributed by atoms with van der Waals surface area (Å²) in [5.41, 5.74) is 3.42. The molecule has 27 heavy (non-hydrogen) atoms. The Morgan fingerprint density at radius 1 is 1.22 bits per heavy atom. The number of esters is 1. The summed E-state index contributed by atoms with van der Waals surface area (Å²) >= 11 is 0. The average molecular weight is 365 g/mol. The number of halogens is 1. The molecular weight excluding hydrogens is 345 g/mol. The van der Waals surface area contributed by atoms with Crippen LogP contribution >= 0.6 is 0 Å². The number of benzene rings is 2. The van der Waals surface area contributed by atoms with Crippen molar-refractivity contribution in [3.05, 3.63) is 71.2 Å². The standard InChI is InChI=1S/C21H20FN3O2/c1-12(2)27-20(26)18-13(3)23-21-24-16-9-4-5-10-17(16)25(21)19(18)14-7-6-8-15(22)11-14/h4-12,19H,1-3H3,(H,23,24). The number of fused-ring (bicyclic) bond motifs is 3. The van der Waals surface area contributed by atoms with Crippen LogP contribution in [0.4, 0.5) is 10.3 Å². The molecule has 0 saturated carbocycles. The Balaban J connectivity index is 1.97. The molecule has 5 nitrogen and oxygen atoms in total. The summed E-state index contributed by atoms with van der Waals surface area (Å²) in [7, 11) is 0. The molecule has 0 bridgehead atoms. The number of anilines is 1. The monoisotopic (exact) mass is 365 g/mol. The molecule has 2 heterocycles. The van der Waals surface area contributed by atoms with Crippen LogP contribution in [0.25, 0.3) is 11.0 Å². The Morgan fingerprint density at radius 3 is 2.74 bits per heavy atom. The zero-order valence-electron chi connectivity index (χ0n) is 15.4. The Morgan fingerprint density at radius 2 is 2.00 bits per heavy atom. The van der Waals surface area contributed by atoms with Gasteiger partial charge in [0.15, 0.2) is 0 Å². The van der Waals surface area contributed by atoms with Crippen LogP contribution < -0.4 is 5.32 Å². The molecule has 1 N–H and O–H groups in total. The lowest BCUT2D eigenvalue weighted by atomic mass is 9.95. The summed E-state index contributed by atoms with van der Waals surface area (Å²) in [5, 5.41) is 3.20. The highest BCUT2D eigenvalue weighted by Gasteiger charge is 2.35. The molecule has 0 aliphatic carbocycles. The second-order valence-electron chi connectivity index (χ2n) is 6.87. The van der Waals surface area contributed by atoms with Crippen molar-refractivity contribution in [3.63, 3.8) is 0 Å². The van der Waals surface area contributed by atoms with Crippen molar-refractivity contribution in [2.75, 3.05) is 5.32 Å². The third-order valence-corrected chi connectivity index (χ3v) is 4.56. The molecule has 4 rings (SSSR count). The van der Waals surface area contributed by atoms with Gasteiger partial charge < -0.3 is 10.1 Å². The number of hydrogen-bond acceptors (Lipinski definition) is 4. The maximum atomic E-state index is 14.0. The molecule has 0 amide bonds. The fourth-order valence-corrected chi connectivity index (χ4v) is 3.50. The number of carbonyl (C=O) groups is 1. The predicted octanol–water partition coefficient (Wildman–Crippen LogP) is 4.42. The van der Waals surface area contributed by atoms with E-state index in [-0.39, 0.29) is 11.9 Å². The molecule has 0 saturated heterocycles. The highest BCUT2D eigenvalue weighted by atomic mass is 19.1. The maximum Gasteiger partial charge on any atom is 0.338 e. The summed E-state index contributed by atoms with van der Waals surface area (Å²) in [5.74, 6) is -0.164. The smallest absolute Gasteiger partial charge is 0.338 e. The number of hydrogen-bond donors (Lipinski definition) is 1. The van der Waals surface area contributed by atoms with Gasteiger partial charge in [-0.15, -0.1) is 0 Å². The van der Waals surface area contributed by atoms with E-state index >= 15 is 0 Å². The first-order valence-corrected chi connectivity index (χ1v) is 8.87. The summed E-state index contributed by atoms with van der Waals surface area (Å²) in [6.07, 6.45) is -0.258. The van der Waals surface area contributed by atoms with Crippen LogP contribution in [0.15, 0.2) is 59.8 Å². The number of ether oxygens (including phenoxy) is 1. The maximum absolute atomic E-state index is 14.0. The molecule has 138 valence electrons. The average Bonchev–Trinajstić information content (AvgIpc) is 2.97. The van der Waals surface area contributed by atoms with E-state index < -0.39 is 12.0 Å². The van der Waals surface area contributed by atoms with Crippen molar-refractivity contribution in [3.8, 4) is 0 Å². The van der Waals surface area contributed by atoms with Gasteiger partial charge in [-0.1, -0.05) is 24.3 Å². The lowest BCUT2D eigenvalue weighted by Crippen LogP contribution is -2.30. The molecular formula is C21H20FN3O2. The molecule has 1 unspecified atom stereocenters. The minimum absolute atomic E-state index is 0.258. The third-order valence-electron chi connectivity index (χ3n) is 4.56. The van der Waals surface area contributed by atoms with Crippen molar-refractivity contribution in [1.29, 1.82) is 0 Å². The van der Waals surface area contributed by atoms with Gasteiger partial charge in [-0.05, 0) is 50.6 Å². The van der Waals surface area contributed by atoms with Crippen molar-refractivity contribution in [1.82, 2.24) is 9.55 Å². The first-order valence-electron chi connectivity index (χ1n) is 8.87. The first kappa shape index (κ1) is 17.3. The molecule has 0 radical (unpaired) electrons. The summed E-state index contributed by atoms with van der Waals surface area (Å²) in [6, 6.07) is 13.4. The molecule has 2 aromatic carbocycles. The summed E-state index contributed by atoms with van der Waals surface area (Å²) in [6.45, 7) is 5.42. The number of nitrogens with one attached hydrogen (secondary N) is 1. The van der Waals surface area contributed by atoms with E-state index in [0.29, 0.717) is 22.8 Å².